The van der Waals surface area contributed by atoms with Gasteiger partial charge in [-0.1, -0.05) is 23.4 Å². The third-order valence-corrected chi connectivity index (χ3v) is 2.04. The lowest BCUT2D eigenvalue weighted by atomic mass is 10.2. The molecule has 2 rings (SSSR count). The highest BCUT2D eigenvalue weighted by Crippen LogP contribution is 2.18. The number of aryl methyl sites for hydroxylation is 1. The smallest absolute Gasteiger partial charge is 0.176 e. The molecule has 1 aromatic carbocycles. The molecule has 15 heavy (non-hydrogen) atoms. The van der Waals surface area contributed by atoms with Gasteiger partial charge in [0.2, 0.25) is 0 Å². The van der Waals surface area contributed by atoms with Crippen molar-refractivity contribution < 1.29 is 9.26 Å². The molecular formula is C11H12N2O2. The molecule has 0 amide bonds. The molecule has 4 nitrogen and oxygen atoms in total. The van der Waals surface area contributed by atoms with Crippen molar-refractivity contribution in [2.75, 3.05) is 5.73 Å². The first-order valence-electron chi connectivity index (χ1n) is 4.65. The van der Waals surface area contributed by atoms with Crippen molar-refractivity contribution in [3.05, 3.63) is 41.7 Å². The Morgan fingerprint density at radius 2 is 2.20 bits per heavy atom. The van der Waals surface area contributed by atoms with E-state index in [1.54, 1.807) is 6.07 Å². The molecule has 0 saturated heterocycles. The summed E-state index contributed by atoms with van der Waals surface area (Å²) in [6.45, 7) is 2.33. The van der Waals surface area contributed by atoms with Crippen LogP contribution in [-0.4, -0.2) is 5.16 Å². The van der Waals surface area contributed by atoms with Crippen LogP contribution in [0.3, 0.4) is 0 Å². The molecule has 2 aromatic rings. The number of nitrogen functional groups attached to an aromatic ring is 1. The van der Waals surface area contributed by atoms with Gasteiger partial charge in [0.05, 0.1) is 0 Å². The van der Waals surface area contributed by atoms with Crippen LogP contribution in [-0.2, 0) is 6.61 Å². The highest BCUT2D eigenvalue weighted by atomic mass is 16.5. The Labute approximate surface area is 87.6 Å². The average Bonchev–Trinajstić information content (AvgIpc) is 2.63. The first-order valence-corrected chi connectivity index (χ1v) is 4.65. The summed E-state index contributed by atoms with van der Waals surface area (Å²) < 4.78 is 10.5. The van der Waals surface area contributed by atoms with E-state index in [0.717, 1.165) is 11.3 Å². The van der Waals surface area contributed by atoms with Crippen molar-refractivity contribution in [2.24, 2.45) is 0 Å². The van der Waals surface area contributed by atoms with Crippen LogP contribution in [0.1, 0.15) is 11.3 Å². The van der Waals surface area contributed by atoms with Crippen LogP contribution in [0.5, 0.6) is 5.75 Å². The molecule has 2 N–H and O–H groups in total. The largest absolute Gasteiger partial charge is 0.485 e. The predicted molar refractivity (Wildman–Crippen MR) is 56.4 cm³/mol. The van der Waals surface area contributed by atoms with Gasteiger partial charge in [0.1, 0.15) is 12.4 Å². The predicted octanol–water partition coefficient (Wildman–Crippen LogP) is 2.14. The molecule has 1 aromatic heterocycles. The van der Waals surface area contributed by atoms with E-state index in [1.807, 2.05) is 31.2 Å². The second kappa shape index (κ2) is 4.04. The highest BCUT2D eigenvalue weighted by Gasteiger charge is 2.03. The first kappa shape index (κ1) is 9.58. The number of nitrogens with two attached hydrogens (primary N) is 1. The molecule has 0 atom stereocenters. The SMILES string of the molecule is Cc1ccccc1OCc1cc(N)no1. The standard InChI is InChI=1S/C11H12N2O2/c1-8-4-2-3-5-10(8)14-7-9-6-11(12)13-15-9/h2-6H,7H2,1H3,(H2,12,13). The van der Waals surface area contributed by atoms with E-state index in [2.05, 4.69) is 5.16 Å². The van der Waals surface area contributed by atoms with Crippen LogP contribution in [0.15, 0.2) is 34.9 Å². The average molecular weight is 204 g/mol. The first-order chi connectivity index (χ1) is 7.25. The number of para-hydroxylation sites is 1. The number of hydrogen-bond donors (Lipinski definition) is 1. The van der Waals surface area contributed by atoms with Gasteiger partial charge in [0, 0.05) is 6.07 Å². The van der Waals surface area contributed by atoms with Crippen molar-refractivity contribution in [1.82, 2.24) is 5.16 Å². The summed E-state index contributed by atoms with van der Waals surface area (Å²) in [4.78, 5) is 0. The quantitative estimate of drug-likeness (QED) is 0.832. The zero-order chi connectivity index (χ0) is 10.7. The Balaban J connectivity index is 2.02. The fourth-order valence-corrected chi connectivity index (χ4v) is 1.26. The summed E-state index contributed by atoms with van der Waals surface area (Å²) in [5.41, 5.74) is 6.50. The molecule has 1 heterocycles. The number of aromatic nitrogens is 1. The zero-order valence-corrected chi connectivity index (χ0v) is 8.43. The topological polar surface area (TPSA) is 61.3 Å². The Hall–Kier alpha value is -1.97. The fraction of sp³-hybridized carbons (Fsp3) is 0.182. The molecule has 0 saturated carbocycles. The highest BCUT2D eigenvalue weighted by molar-refractivity contribution is 5.32. The van der Waals surface area contributed by atoms with Crippen molar-refractivity contribution >= 4 is 5.82 Å². The van der Waals surface area contributed by atoms with Crippen LogP contribution in [0.25, 0.3) is 0 Å². The second-order valence-corrected chi connectivity index (χ2v) is 3.27. The van der Waals surface area contributed by atoms with E-state index in [-0.39, 0.29) is 0 Å². The van der Waals surface area contributed by atoms with Crippen molar-refractivity contribution in [3.63, 3.8) is 0 Å². The van der Waals surface area contributed by atoms with Crippen LogP contribution < -0.4 is 10.5 Å². The second-order valence-electron chi connectivity index (χ2n) is 3.27. The molecule has 0 unspecified atom stereocenters. The van der Waals surface area contributed by atoms with Gasteiger partial charge >= 0.3 is 0 Å². The van der Waals surface area contributed by atoms with Gasteiger partial charge in [0.25, 0.3) is 0 Å². The molecule has 0 aliphatic carbocycles. The molecule has 0 spiro atoms. The van der Waals surface area contributed by atoms with E-state index in [4.69, 9.17) is 15.0 Å². The molecular weight excluding hydrogens is 192 g/mol. The Morgan fingerprint density at radius 1 is 1.40 bits per heavy atom. The van der Waals surface area contributed by atoms with Gasteiger partial charge in [-0.25, -0.2) is 0 Å². The van der Waals surface area contributed by atoms with Crippen LogP contribution >= 0.6 is 0 Å². The van der Waals surface area contributed by atoms with Gasteiger partial charge in [-0.3, -0.25) is 0 Å². The molecule has 4 heteroatoms. The summed E-state index contributed by atoms with van der Waals surface area (Å²) in [6.07, 6.45) is 0. The van der Waals surface area contributed by atoms with Crippen molar-refractivity contribution in [1.29, 1.82) is 0 Å². The Morgan fingerprint density at radius 3 is 2.87 bits per heavy atom. The van der Waals surface area contributed by atoms with E-state index in [0.29, 0.717) is 18.2 Å². The molecule has 78 valence electrons. The van der Waals surface area contributed by atoms with Gasteiger partial charge < -0.3 is 15.0 Å². The van der Waals surface area contributed by atoms with Crippen LogP contribution in [0, 0.1) is 6.92 Å². The lowest BCUT2D eigenvalue weighted by molar-refractivity contribution is 0.248. The maximum atomic E-state index is 5.55. The third-order valence-electron chi connectivity index (χ3n) is 2.04. The molecule has 0 radical (unpaired) electrons. The normalized spacial score (nSPS) is 10.2. The number of benzene rings is 1. The van der Waals surface area contributed by atoms with Gasteiger partial charge in [-0.15, -0.1) is 0 Å². The summed E-state index contributed by atoms with van der Waals surface area (Å²) in [7, 11) is 0. The van der Waals surface area contributed by atoms with E-state index < -0.39 is 0 Å². The lowest BCUT2D eigenvalue weighted by Gasteiger charge is -2.05. The Bertz CT molecular complexity index is 451. The van der Waals surface area contributed by atoms with Crippen LogP contribution in [0.4, 0.5) is 5.82 Å². The number of anilines is 1. The van der Waals surface area contributed by atoms with Gasteiger partial charge in [-0.05, 0) is 18.6 Å². The van der Waals surface area contributed by atoms with Crippen LogP contribution in [0.2, 0.25) is 0 Å². The number of ether oxygens (including phenoxy) is 1. The zero-order valence-electron chi connectivity index (χ0n) is 8.43. The van der Waals surface area contributed by atoms with Gasteiger partial charge in [-0.2, -0.15) is 0 Å². The number of hydrogen-bond acceptors (Lipinski definition) is 4. The summed E-state index contributed by atoms with van der Waals surface area (Å²) in [6, 6.07) is 9.45. The molecule has 0 aliphatic rings. The van der Waals surface area contributed by atoms with E-state index in [9.17, 15) is 0 Å². The monoisotopic (exact) mass is 204 g/mol. The van der Waals surface area contributed by atoms with Crippen molar-refractivity contribution in [2.45, 2.75) is 13.5 Å². The van der Waals surface area contributed by atoms with Gasteiger partial charge in [0.15, 0.2) is 11.6 Å². The number of rotatable bonds is 3. The lowest BCUT2D eigenvalue weighted by Crippen LogP contribution is -1.95. The molecule has 0 bridgehead atoms. The summed E-state index contributed by atoms with van der Waals surface area (Å²) >= 11 is 0. The molecule has 0 aliphatic heterocycles. The maximum Gasteiger partial charge on any atom is 0.176 e. The number of nitrogens with zero attached hydrogens (tertiary/aromatic N) is 1. The fourth-order valence-electron chi connectivity index (χ4n) is 1.26. The Kier molecular flexibility index (Phi) is 2.58. The van der Waals surface area contributed by atoms with Crippen molar-refractivity contribution in [3.8, 4) is 5.75 Å². The summed E-state index contributed by atoms with van der Waals surface area (Å²) in [5, 5.41) is 3.57. The molecule has 0 fully saturated rings. The maximum absolute atomic E-state index is 5.55. The summed E-state index contributed by atoms with van der Waals surface area (Å²) in [5.74, 6) is 1.83. The minimum Gasteiger partial charge on any atom is -0.485 e. The van der Waals surface area contributed by atoms with E-state index >= 15 is 0 Å². The third kappa shape index (κ3) is 2.28. The minimum atomic E-state index is 0.342. The minimum absolute atomic E-state index is 0.342. The van der Waals surface area contributed by atoms with E-state index in [1.165, 1.54) is 0 Å².